The van der Waals surface area contributed by atoms with E-state index < -0.39 is 0 Å². The molecule has 2 saturated heterocycles. The highest BCUT2D eigenvalue weighted by Crippen LogP contribution is 2.24. The van der Waals surface area contributed by atoms with Gasteiger partial charge in [-0.25, -0.2) is 0 Å². The molecule has 5 nitrogen and oxygen atoms in total. The molecule has 2 fully saturated rings. The number of likely N-dealkylation sites (tertiary alicyclic amines) is 2. The van der Waals surface area contributed by atoms with Gasteiger partial charge in [0.2, 0.25) is 11.8 Å². The lowest BCUT2D eigenvalue weighted by molar-refractivity contribution is -0.148. The smallest absolute Gasteiger partial charge is 0.245 e. The second-order valence-corrected chi connectivity index (χ2v) is 6.47. The van der Waals surface area contributed by atoms with Gasteiger partial charge in [0.15, 0.2) is 0 Å². The Kier molecular flexibility index (Phi) is 7.63. The van der Waals surface area contributed by atoms with Gasteiger partial charge in [-0.3, -0.25) is 9.59 Å². The molecule has 6 heteroatoms. The largest absolute Gasteiger partial charge is 0.341 e. The first kappa shape index (κ1) is 19.2. The zero-order valence-electron chi connectivity index (χ0n) is 13.8. The molecule has 0 radical (unpaired) electrons. The van der Waals surface area contributed by atoms with E-state index >= 15 is 0 Å². The first-order chi connectivity index (χ1) is 10.0. The van der Waals surface area contributed by atoms with E-state index in [1.165, 1.54) is 0 Å². The molecule has 128 valence electrons. The molecule has 2 amide bonds. The maximum absolute atomic E-state index is 12.8. The van der Waals surface area contributed by atoms with Crippen molar-refractivity contribution in [2.75, 3.05) is 19.6 Å². The molecule has 0 bridgehead atoms. The Morgan fingerprint density at radius 2 is 1.77 bits per heavy atom. The van der Waals surface area contributed by atoms with Gasteiger partial charge >= 0.3 is 0 Å². The van der Waals surface area contributed by atoms with Crippen LogP contribution in [0.1, 0.15) is 52.4 Å². The number of hydrogen-bond acceptors (Lipinski definition) is 3. The lowest BCUT2D eigenvalue weighted by atomic mass is 9.90. The molecule has 2 atom stereocenters. The van der Waals surface area contributed by atoms with Crippen LogP contribution in [0.2, 0.25) is 0 Å². The van der Waals surface area contributed by atoms with E-state index in [0.717, 1.165) is 51.7 Å². The van der Waals surface area contributed by atoms with E-state index in [9.17, 15) is 9.59 Å². The van der Waals surface area contributed by atoms with E-state index in [4.69, 9.17) is 5.73 Å². The number of nitrogens with zero attached hydrogens (tertiary/aromatic N) is 2. The lowest BCUT2D eigenvalue weighted by Gasteiger charge is -2.40. The van der Waals surface area contributed by atoms with Crippen molar-refractivity contribution in [1.29, 1.82) is 0 Å². The van der Waals surface area contributed by atoms with Crippen molar-refractivity contribution in [2.24, 2.45) is 11.7 Å². The summed E-state index contributed by atoms with van der Waals surface area (Å²) in [6.07, 6.45) is 5.33. The summed E-state index contributed by atoms with van der Waals surface area (Å²) in [6.45, 7) is 6.22. The van der Waals surface area contributed by atoms with Gasteiger partial charge in [0.05, 0.1) is 0 Å². The Labute approximate surface area is 140 Å². The van der Waals surface area contributed by atoms with E-state index in [0.29, 0.717) is 12.3 Å². The second-order valence-electron chi connectivity index (χ2n) is 6.47. The predicted octanol–water partition coefficient (Wildman–Crippen LogP) is 1.79. The van der Waals surface area contributed by atoms with Crippen molar-refractivity contribution in [3.8, 4) is 0 Å². The molecule has 0 aliphatic carbocycles. The van der Waals surface area contributed by atoms with Gasteiger partial charge in [-0.05, 0) is 44.9 Å². The molecule has 0 spiro atoms. The number of rotatable bonds is 3. The molecule has 0 aromatic heterocycles. The Morgan fingerprint density at radius 1 is 1.14 bits per heavy atom. The average molecular weight is 332 g/mol. The normalized spacial score (nSPS) is 24.6. The van der Waals surface area contributed by atoms with Crippen LogP contribution in [0.3, 0.4) is 0 Å². The van der Waals surface area contributed by atoms with E-state index in [2.05, 4.69) is 0 Å². The van der Waals surface area contributed by atoms with Crippen LogP contribution in [0.4, 0.5) is 0 Å². The third-order valence-electron chi connectivity index (χ3n) is 5.01. The van der Waals surface area contributed by atoms with Crippen LogP contribution >= 0.6 is 12.4 Å². The summed E-state index contributed by atoms with van der Waals surface area (Å²) in [4.78, 5) is 28.6. The SMILES string of the molecule is CCC(=O)N1CCCCC1C(=O)N1CCC(C(C)N)CC1.Cl. The van der Waals surface area contributed by atoms with E-state index in [-0.39, 0.29) is 36.3 Å². The molecule has 2 N–H and O–H groups in total. The molecule has 2 aliphatic rings. The van der Waals surface area contributed by atoms with Crippen LogP contribution in [0.25, 0.3) is 0 Å². The Bertz CT molecular complexity index is 382. The third-order valence-corrected chi connectivity index (χ3v) is 5.01. The van der Waals surface area contributed by atoms with Gasteiger partial charge in [0, 0.05) is 32.1 Å². The van der Waals surface area contributed by atoms with Crippen LogP contribution in [-0.2, 0) is 9.59 Å². The summed E-state index contributed by atoms with van der Waals surface area (Å²) < 4.78 is 0. The lowest BCUT2D eigenvalue weighted by Crippen LogP contribution is -2.54. The standard InChI is InChI=1S/C16H29N3O2.ClH/c1-3-15(20)19-9-5-4-6-14(19)16(21)18-10-7-13(8-11-18)12(2)17;/h12-14H,3-11,17H2,1-2H3;1H. The van der Waals surface area contributed by atoms with Gasteiger partial charge in [0.1, 0.15) is 6.04 Å². The predicted molar refractivity (Wildman–Crippen MR) is 89.8 cm³/mol. The van der Waals surface area contributed by atoms with Gasteiger partial charge in [-0.2, -0.15) is 0 Å². The second kappa shape index (κ2) is 8.73. The van der Waals surface area contributed by atoms with Gasteiger partial charge in [-0.1, -0.05) is 6.92 Å². The Hall–Kier alpha value is -0.810. The molecule has 2 heterocycles. The summed E-state index contributed by atoms with van der Waals surface area (Å²) in [5.74, 6) is 0.784. The fraction of sp³-hybridized carbons (Fsp3) is 0.875. The molecule has 2 rings (SSSR count). The maximum atomic E-state index is 12.8. The zero-order valence-corrected chi connectivity index (χ0v) is 14.6. The summed E-state index contributed by atoms with van der Waals surface area (Å²) in [6, 6.07) is -0.0202. The highest BCUT2D eigenvalue weighted by Gasteiger charge is 2.35. The highest BCUT2D eigenvalue weighted by molar-refractivity contribution is 5.88. The number of nitrogens with two attached hydrogens (primary N) is 1. The van der Waals surface area contributed by atoms with Crippen molar-refractivity contribution >= 4 is 24.2 Å². The van der Waals surface area contributed by atoms with Crippen molar-refractivity contribution in [1.82, 2.24) is 9.80 Å². The van der Waals surface area contributed by atoms with Gasteiger partial charge in [0.25, 0.3) is 0 Å². The topological polar surface area (TPSA) is 66.6 Å². The number of amides is 2. The van der Waals surface area contributed by atoms with Crippen molar-refractivity contribution in [3.05, 3.63) is 0 Å². The van der Waals surface area contributed by atoms with Crippen LogP contribution in [0, 0.1) is 5.92 Å². The maximum Gasteiger partial charge on any atom is 0.245 e. The Balaban J connectivity index is 0.00000242. The van der Waals surface area contributed by atoms with Crippen LogP contribution in [-0.4, -0.2) is 53.3 Å². The third kappa shape index (κ3) is 4.35. The number of halogens is 1. The summed E-state index contributed by atoms with van der Waals surface area (Å²) in [7, 11) is 0. The average Bonchev–Trinajstić information content (AvgIpc) is 2.53. The number of carbonyl (C=O) groups excluding carboxylic acids is 2. The first-order valence-electron chi connectivity index (χ1n) is 8.38. The summed E-state index contributed by atoms with van der Waals surface area (Å²) >= 11 is 0. The molecule has 0 saturated carbocycles. The number of carbonyl (C=O) groups is 2. The highest BCUT2D eigenvalue weighted by atomic mass is 35.5. The van der Waals surface area contributed by atoms with Gasteiger partial charge < -0.3 is 15.5 Å². The van der Waals surface area contributed by atoms with Crippen molar-refractivity contribution < 1.29 is 9.59 Å². The quantitative estimate of drug-likeness (QED) is 0.857. The van der Waals surface area contributed by atoms with E-state index in [1.807, 2.05) is 23.6 Å². The molecule has 2 unspecified atom stereocenters. The fourth-order valence-electron chi connectivity index (χ4n) is 3.55. The van der Waals surface area contributed by atoms with Crippen molar-refractivity contribution in [3.63, 3.8) is 0 Å². The molecular formula is C16H30ClN3O2. The van der Waals surface area contributed by atoms with Crippen molar-refractivity contribution in [2.45, 2.75) is 64.5 Å². The summed E-state index contributed by atoms with van der Waals surface area (Å²) in [5, 5.41) is 0. The number of piperidine rings is 2. The zero-order chi connectivity index (χ0) is 15.4. The molecule has 2 aliphatic heterocycles. The minimum absolute atomic E-state index is 0. The minimum Gasteiger partial charge on any atom is -0.341 e. The van der Waals surface area contributed by atoms with Gasteiger partial charge in [-0.15, -0.1) is 12.4 Å². The van der Waals surface area contributed by atoms with E-state index in [1.54, 1.807) is 0 Å². The van der Waals surface area contributed by atoms with Crippen LogP contribution < -0.4 is 5.73 Å². The first-order valence-corrected chi connectivity index (χ1v) is 8.38. The van der Waals surface area contributed by atoms with Crippen LogP contribution in [0.5, 0.6) is 0 Å². The number of hydrogen-bond donors (Lipinski definition) is 1. The molecule has 0 aromatic rings. The fourth-order valence-corrected chi connectivity index (χ4v) is 3.55. The molecular weight excluding hydrogens is 302 g/mol. The Morgan fingerprint density at radius 3 is 2.32 bits per heavy atom. The molecule has 0 aromatic carbocycles. The minimum atomic E-state index is -0.224. The van der Waals surface area contributed by atoms with Crippen LogP contribution in [0.15, 0.2) is 0 Å². The molecule has 22 heavy (non-hydrogen) atoms. The monoisotopic (exact) mass is 331 g/mol. The summed E-state index contributed by atoms with van der Waals surface area (Å²) in [5.41, 5.74) is 5.95.